The van der Waals surface area contributed by atoms with E-state index in [0.717, 1.165) is 17.5 Å². The Morgan fingerprint density at radius 2 is 1.90 bits per heavy atom. The third kappa shape index (κ3) is 4.90. The van der Waals surface area contributed by atoms with Crippen molar-refractivity contribution in [1.29, 1.82) is 0 Å². The van der Waals surface area contributed by atoms with Gasteiger partial charge in [0, 0.05) is 5.75 Å². The number of nitrogens with one attached hydrogen (secondary N) is 3. The molecule has 0 spiro atoms. The van der Waals surface area contributed by atoms with Crippen molar-refractivity contribution >= 4 is 46.4 Å². The summed E-state index contributed by atoms with van der Waals surface area (Å²) >= 11 is 2.34. The largest absolute Gasteiger partial charge is 0.345 e. The van der Waals surface area contributed by atoms with Crippen LogP contribution < -0.4 is 16.1 Å². The molecule has 2 fully saturated rings. The molecule has 116 valence electrons. The average molecular weight is 333 g/mol. The Bertz CT molecular complexity index is 419. The van der Waals surface area contributed by atoms with Gasteiger partial charge in [0.1, 0.15) is 12.6 Å². The number of carbonyl (C=O) groups is 4. The average Bonchev–Trinajstić information content (AvgIpc) is 3.00. The first-order valence-electron chi connectivity index (χ1n) is 6.31. The quantitative estimate of drug-likeness (QED) is 0.537. The molecule has 8 nitrogen and oxygen atoms in total. The predicted octanol–water partition coefficient (Wildman–Crippen LogP) is -1.59. The molecular formula is C11H15N3O5S2. The van der Waals surface area contributed by atoms with E-state index in [2.05, 4.69) is 21.0 Å². The summed E-state index contributed by atoms with van der Waals surface area (Å²) in [6, 6.07) is -1.09. The number of hydroxylamine groups is 1. The monoisotopic (exact) mass is 333 g/mol. The van der Waals surface area contributed by atoms with Crippen molar-refractivity contribution in [2.24, 2.45) is 0 Å². The van der Waals surface area contributed by atoms with Gasteiger partial charge in [0.05, 0.1) is 17.5 Å². The van der Waals surface area contributed by atoms with Crippen LogP contribution in [0.3, 0.4) is 0 Å². The molecule has 0 aromatic rings. The SMILES string of the molecule is O=C(CSCC(=O)N[C@@H]1CONC1=O)NC1CCSC1=O. The Kier molecular flexibility index (Phi) is 5.88. The lowest BCUT2D eigenvalue weighted by atomic mass is 10.2. The molecule has 2 heterocycles. The molecule has 0 radical (unpaired) electrons. The summed E-state index contributed by atoms with van der Waals surface area (Å²) < 4.78 is 0. The summed E-state index contributed by atoms with van der Waals surface area (Å²) in [6.45, 7) is 0.0944. The molecule has 0 aromatic carbocycles. The molecule has 1 unspecified atom stereocenters. The van der Waals surface area contributed by atoms with E-state index in [4.69, 9.17) is 0 Å². The minimum absolute atomic E-state index is 0.0154. The van der Waals surface area contributed by atoms with Gasteiger partial charge in [-0.3, -0.25) is 24.0 Å². The lowest BCUT2D eigenvalue weighted by molar-refractivity contribution is -0.127. The number of carbonyl (C=O) groups excluding carboxylic acids is 4. The lowest BCUT2D eigenvalue weighted by Crippen LogP contribution is -2.42. The van der Waals surface area contributed by atoms with Crippen molar-refractivity contribution in [3.05, 3.63) is 0 Å². The third-order valence-corrected chi connectivity index (χ3v) is 4.75. The standard InChI is InChI=1S/C11H15N3O5S2/c15-8(12-6-1-2-21-11(6)18)4-20-5-9(16)13-7-3-19-14-10(7)17/h6-7H,1-5H2,(H,12,15)(H,13,16)(H,14,17)/t6?,7-/m1/s1. The molecule has 0 saturated carbocycles. The first kappa shape index (κ1) is 16.1. The van der Waals surface area contributed by atoms with Crippen LogP contribution in [0.15, 0.2) is 0 Å². The van der Waals surface area contributed by atoms with Crippen molar-refractivity contribution in [2.45, 2.75) is 18.5 Å². The smallest absolute Gasteiger partial charge is 0.268 e. The summed E-state index contributed by atoms with van der Waals surface area (Å²) in [7, 11) is 0. The Hall–Kier alpha value is -1.26. The summed E-state index contributed by atoms with van der Waals surface area (Å²) in [5.74, 6) is -0.116. The summed E-state index contributed by atoms with van der Waals surface area (Å²) in [5.41, 5.74) is 2.14. The fourth-order valence-corrected chi connectivity index (χ4v) is 3.36. The normalized spacial score (nSPS) is 24.8. The maximum absolute atomic E-state index is 11.6. The number of thioether (sulfide) groups is 2. The van der Waals surface area contributed by atoms with E-state index < -0.39 is 12.1 Å². The van der Waals surface area contributed by atoms with Gasteiger partial charge in [-0.2, -0.15) is 0 Å². The number of hydrogen-bond donors (Lipinski definition) is 3. The highest BCUT2D eigenvalue weighted by Crippen LogP contribution is 2.19. The zero-order valence-corrected chi connectivity index (χ0v) is 12.7. The molecule has 3 N–H and O–H groups in total. The number of amides is 3. The molecule has 10 heteroatoms. The van der Waals surface area contributed by atoms with Crippen molar-refractivity contribution in [3.63, 3.8) is 0 Å². The molecule has 2 saturated heterocycles. The van der Waals surface area contributed by atoms with Crippen molar-refractivity contribution < 1.29 is 24.0 Å². The highest BCUT2D eigenvalue weighted by molar-refractivity contribution is 8.14. The van der Waals surface area contributed by atoms with Crippen LogP contribution in [0.2, 0.25) is 0 Å². The van der Waals surface area contributed by atoms with Crippen LogP contribution in [0.4, 0.5) is 0 Å². The van der Waals surface area contributed by atoms with Crippen LogP contribution in [0.25, 0.3) is 0 Å². The predicted molar refractivity (Wildman–Crippen MR) is 77.4 cm³/mol. The first-order valence-corrected chi connectivity index (χ1v) is 8.45. The fraction of sp³-hybridized carbons (Fsp3) is 0.636. The van der Waals surface area contributed by atoms with Gasteiger partial charge in [-0.05, 0) is 6.42 Å². The number of rotatable bonds is 6. The Balaban J connectivity index is 1.60. The molecule has 0 bridgehead atoms. The highest BCUT2D eigenvalue weighted by Gasteiger charge is 2.28. The van der Waals surface area contributed by atoms with Gasteiger partial charge in [-0.1, -0.05) is 11.8 Å². The second-order valence-electron chi connectivity index (χ2n) is 4.47. The van der Waals surface area contributed by atoms with Crippen LogP contribution in [0.1, 0.15) is 6.42 Å². The van der Waals surface area contributed by atoms with Crippen molar-refractivity contribution in [1.82, 2.24) is 16.1 Å². The zero-order chi connectivity index (χ0) is 15.2. The van der Waals surface area contributed by atoms with Gasteiger partial charge >= 0.3 is 0 Å². The van der Waals surface area contributed by atoms with E-state index in [1.807, 2.05) is 0 Å². The Labute approximate surface area is 129 Å². The van der Waals surface area contributed by atoms with Crippen molar-refractivity contribution in [3.8, 4) is 0 Å². The van der Waals surface area contributed by atoms with Crippen LogP contribution >= 0.6 is 23.5 Å². The summed E-state index contributed by atoms with van der Waals surface area (Å²) in [5, 5.41) is 5.12. The zero-order valence-electron chi connectivity index (χ0n) is 11.0. The van der Waals surface area contributed by atoms with E-state index in [-0.39, 0.29) is 40.9 Å². The molecule has 2 atom stereocenters. The molecular weight excluding hydrogens is 318 g/mol. The molecule has 2 rings (SSSR count). The summed E-state index contributed by atoms with van der Waals surface area (Å²) in [4.78, 5) is 50.4. The van der Waals surface area contributed by atoms with Gasteiger partial charge in [0.25, 0.3) is 5.91 Å². The molecule has 21 heavy (non-hydrogen) atoms. The van der Waals surface area contributed by atoms with Gasteiger partial charge in [0.15, 0.2) is 0 Å². The van der Waals surface area contributed by atoms with E-state index >= 15 is 0 Å². The highest BCUT2D eigenvalue weighted by atomic mass is 32.2. The first-order chi connectivity index (χ1) is 10.1. The Morgan fingerprint density at radius 3 is 2.43 bits per heavy atom. The fourth-order valence-electron chi connectivity index (χ4n) is 1.79. The second-order valence-corrected chi connectivity index (χ2v) is 6.55. The van der Waals surface area contributed by atoms with Crippen LogP contribution in [-0.2, 0) is 24.0 Å². The second kappa shape index (κ2) is 7.66. The van der Waals surface area contributed by atoms with Crippen LogP contribution in [-0.4, -0.2) is 58.8 Å². The van der Waals surface area contributed by atoms with E-state index in [9.17, 15) is 19.2 Å². The van der Waals surface area contributed by atoms with Gasteiger partial charge in [0.2, 0.25) is 16.9 Å². The van der Waals surface area contributed by atoms with Crippen LogP contribution in [0.5, 0.6) is 0 Å². The van der Waals surface area contributed by atoms with E-state index in [1.54, 1.807) is 0 Å². The molecule has 2 aliphatic heterocycles. The minimum atomic E-state index is -0.680. The lowest BCUT2D eigenvalue weighted by Gasteiger charge is -2.10. The summed E-state index contributed by atoms with van der Waals surface area (Å²) in [6.07, 6.45) is 0.650. The van der Waals surface area contributed by atoms with Crippen LogP contribution in [0, 0.1) is 0 Å². The van der Waals surface area contributed by atoms with Gasteiger partial charge < -0.3 is 10.6 Å². The van der Waals surface area contributed by atoms with E-state index in [1.165, 1.54) is 11.8 Å². The molecule has 2 aliphatic rings. The topological polar surface area (TPSA) is 114 Å². The molecule has 0 aromatic heterocycles. The van der Waals surface area contributed by atoms with Gasteiger partial charge in [-0.15, -0.1) is 11.8 Å². The van der Waals surface area contributed by atoms with Gasteiger partial charge in [-0.25, -0.2) is 5.48 Å². The molecule has 0 aliphatic carbocycles. The number of hydrogen-bond acceptors (Lipinski definition) is 7. The molecule has 3 amide bonds. The van der Waals surface area contributed by atoms with E-state index in [0.29, 0.717) is 6.42 Å². The maximum Gasteiger partial charge on any atom is 0.268 e. The third-order valence-electron chi connectivity index (χ3n) is 2.81. The minimum Gasteiger partial charge on any atom is -0.345 e. The maximum atomic E-state index is 11.6. The Morgan fingerprint density at radius 1 is 1.24 bits per heavy atom. The van der Waals surface area contributed by atoms with Crippen molar-refractivity contribution in [2.75, 3.05) is 23.9 Å².